The second kappa shape index (κ2) is 8.82. The summed E-state index contributed by atoms with van der Waals surface area (Å²) >= 11 is 0. The Morgan fingerprint density at radius 3 is 2.60 bits per heavy atom. The minimum Gasteiger partial charge on any atom is -0.490 e. The zero-order valence-corrected chi connectivity index (χ0v) is 13.2. The fraction of sp³-hybridized carbons (Fsp3) is 0.625. The lowest BCUT2D eigenvalue weighted by atomic mass is 10.1. The van der Waals surface area contributed by atoms with E-state index in [2.05, 4.69) is 25.1 Å². The molecule has 0 amide bonds. The summed E-state index contributed by atoms with van der Waals surface area (Å²) in [6.07, 6.45) is 1.79. The van der Waals surface area contributed by atoms with E-state index in [1.54, 1.807) is 0 Å². The lowest BCUT2D eigenvalue weighted by Crippen LogP contribution is -2.19. The van der Waals surface area contributed by atoms with Gasteiger partial charge in [0.05, 0.1) is 13.2 Å². The van der Waals surface area contributed by atoms with E-state index in [9.17, 15) is 0 Å². The first-order chi connectivity index (χ1) is 9.54. The first kappa shape index (κ1) is 16.8. The smallest absolute Gasteiger partial charge is 0.164 e. The van der Waals surface area contributed by atoms with E-state index in [1.165, 1.54) is 0 Å². The third-order valence-electron chi connectivity index (χ3n) is 2.90. The quantitative estimate of drug-likeness (QED) is 0.705. The van der Waals surface area contributed by atoms with Gasteiger partial charge in [-0.15, -0.1) is 0 Å². The van der Waals surface area contributed by atoms with Crippen LogP contribution >= 0.6 is 0 Å². The average Bonchev–Trinajstić information content (AvgIpc) is 2.36. The van der Waals surface area contributed by atoms with Gasteiger partial charge in [-0.1, -0.05) is 12.1 Å². The van der Waals surface area contributed by atoms with Crippen LogP contribution in [0.2, 0.25) is 0 Å². The molecule has 0 saturated heterocycles. The molecule has 1 aromatic carbocycles. The summed E-state index contributed by atoms with van der Waals surface area (Å²) in [4.78, 5) is 2.15. The van der Waals surface area contributed by atoms with Gasteiger partial charge in [0.15, 0.2) is 11.5 Å². The molecule has 0 radical (unpaired) electrons. The summed E-state index contributed by atoms with van der Waals surface area (Å²) in [5, 5.41) is 0. The lowest BCUT2D eigenvalue weighted by Gasteiger charge is -2.17. The number of nitrogens with zero attached hydrogens (tertiary/aromatic N) is 1. The van der Waals surface area contributed by atoms with Gasteiger partial charge in [0.1, 0.15) is 0 Å². The molecule has 0 fully saturated rings. The number of benzene rings is 1. The van der Waals surface area contributed by atoms with Crippen molar-refractivity contribution in [1.82, 2.24) is 4.90 Å². The van der Waals surface area contributed by atoms with Crippen LogP contribution in [0.15, 0.2) is 18.2 Å². The maximum absolute atomic E-state index is 5.96. The molecule has 114 valence electrons. The van der Waals surface area contributed by atoms with Crippen LogP contribution in [0.4, 0.5) is 0 Å². The minimum atomic E-state index is 0.107. The normalized spacial score (nSPS) is 12.5. The molecule has 0 aliphatic rings. The molecule has 1 rings (SSSR count). The number of nitrogens with two attached hydrogens (primary N) is 1. The summed E-state index contributed by atoms with van der Waals surface area (Å²) in [6, 6.07) is 6.12. The van der Waals surface area contributed by atoms with Crippen molar-refractivity contribution in [2.75, 3.05) is 33.9 Å². The van der Waals surface area contributed by atoms with Crippen molar-refractivity contribution in [3.8, 4) is 11.5 Å². The topological polar surface area (TPSA) is 47.7 Å². The van der Waals surface area contributed by atoms with Gasteiger partial charge in [0.2, 0.25) is 0 Å². The predicted octanol–water partition coefficient (Wildman–Crippen LogP) is 2.31. The molecule has 1 atom stereocenters. The van der Waals surface area contributed by atoms with Crippen LogP contribution in [0.3, 0.4) is 0 Å². The van der Waals surface area contributed by atoms with Crippen LogP contribution < -0.4 is 15.2 Å². The van der Waals surface area contributed by atoms with E-state index in [-0.39, 0.29) is 6.04 Å². The van der Waals surface area contributed by atoms with E-state index in [1.807, 2.05) is 26.0 Å². The van der Waals surface area contributed by atoms with Crippen LogP contribution in [0.1, 0.15) is 25.8 Å². The van der Waals surface area contributed by atoms with Crippen LogP contribution in [0.25, 0.3) is 0 Å². The van der Waals surface area contributed by atoms with E-state index in [0.717, 1.165) is 36.4 Å². The third kappa shape index (κ3) is 5.80. The SMILES string of the molecule is CCOc1cccc(CC(C)N)c1OCCCN(C)C. The first-order valence-electron chi connectivity index (χ1n) is 7.32. The number of para-hydroxylation sites is 1. The second-order valence-electron chi connectivity index (χ2n) is 5.36. The van der Waals surface area contributed by atoms with Gasteiger partial charge in [-0.3, -0.25) is 0 Å². The number of hydrogen-bond donors (Lipinski definition) is 1. The van der Waals surface area contributed by atoms with Crippen molar-refractivity contribution < 1.29 is 9.47 Å². The van der Waals surface area contributed by atoms with E-state index < -0.39 is 0 Å². The van der Waals surface area contributed by atoms with Crippen molar-refractivity contribution >= 4 is 0 Å². The Morgan fingerprint density at radius 2 is 2.00 bits per heavy atom. The molecule has 20 heavy (non-hydrogen) atoms. The van der Waals surface area contributed by atoms with Crippen molar-refractivity contribution in [1.29, 1.82) is 0 Å². The minimum absolute atomic E-state index is 0.107. The molecule has 0 aliphatic heterocycles. The summed E-state index contributed by atoms with van der Waals surface area (Å²) in [7, 11) is 4.13. The number of ether oxygens (including phenoxy) is 2. The predicted molar refractivity (Wildman–Crippen MR) is 83.6 cm³/mol. The molecule has 4 heteroatoms. The van der Waals surface area contributed by atoms with Gasteiger partial charge in [-0.05, 0) is 52.4 Å². The second-order valence-corrected chi connectivity index (χ2v) is 5.36. The molecule has 0 heterocycles. The zero-order chi connectivity index (χ0) is 15.0. The Kier molecular flexibility index (Phi) is 7.41. The molecule has 0 aliphatic carbocycles. The lowest BCUT2D eigenvalue weighted by molar-refractivity contribution is 0.256. The number of hydrogen-bond acceptors (Lipinski definition) is 4. The zero-order valence-electron chi connectivity index (χ0n) is 13.2. The van der Waals surface area contributed by atoms with Crippen molar-refractivity contribution in [2.24, 2.45) is 5.73 Å². The molecule has 4 nitrogen and oxygen atoms in total. The summed E-state index contributed by atoms with van der Waals surface area (Å²) in [5.74, 6) is 1.67. The molecule has 2 N–H and O–H groups in total. The Hall–Kier alpha value is -1.26. The first-order valence-corrected chi connectivity index (χ1v) is 7.32. The van der Waals surface area contributed by atoms with Crippen LogP contribution in [-0.4, -0.2) is 44.8 Å². The molecule has 1 aromatic rings. The largest absolute Gasteiger partial charge is 0.490 e. The fourth-order valence-corrected chi connectivity index (χ4v) is 2.06. The van der Waals surface area contributed by atoms with Crippen LogP contribution in [0, 0.1) is 0 Å². The fourth-order valence-electron chi connectivity index (χ4n) is 2.06. The van der Waals surface area contributed by atoms with Gasteiger partial charge in [-0.25, -0.2) is 0 Å². The Morgan fingerprint density at radius 1 is 1.25 bits per heavy atom. The third-order valence-corrected chi connectivity index (χ3v) is 2.90. The number of rotatable bonds is 9. The van der Waals surface area contributed by atoms with Gasteiger partial charge in [-0.2, -0.15) is 0 Å². The highest BCUT2D eigenvalue weighted by Gasteiger charge is 2.12. The molecule has 0 spiro atoms. The molecule has 0 saturated carbocycles. The van der Waals surface area contributed by atoms with E-state index in [4.69, 9.17) is 15.2 Å². The standard InChI is InChI=1S/C16H28N2O2/c1-5-19-15-9-6-8-14(12-13(2)17)16(15)20-11-7-10-18(3)4/h6,8-9,13H,5,7,10-12,17H2,1-4H3. The highest BCUT2D eigenvalue weighted by atomic mass is 16.5. The van der Waals surface area contributed by atoms with Gasteiger partial charge >= 0.3 is 0 Å². The Labute approximate surface area is 122 Å². The molecule has 1 unspecified atom stereocenters. The van der Waals surface area contributed by atoms with Crippen molar-refractivity contribution in [3.63, 3.8) is 0 Å². The van der Waals surface area contributed by atoms with Crippen molar-refractivity contribution in [2.45, 2.75) is 32.7 Å². The average molecular weight is 280 g/mol. The maximum atomic E-state index is 5.96. The maximum Gasteiger partial charge on any atom is 0.164 e. The summed E-state index contributed by atoms with van der Waals surface area (Å²) in [6.45, 7) is 6.32. The molecule has 0 bridgehead atoms. The van der Waals surface area contributed by atoms with Crippen LogP contribution in [-0.2, 0) is 6.42 Å². The summed E-state index contributed by atoms with van der Waals surface area (Å²) < 4.78 is 11.6. The highest BCUT2D eigenvalue weighted by molar-refractivity contribution is 5.47. The summed E-state index contributed by atoms with van der Waals surface area (Å²) in [5.41, 5.74) is 7.03. The Bertz CT molecular complexity index is 392. The highest BCUT2D eigenvalue weighted by Crippen LogP contribution is 2.32. The van der Waals surface area contributed by atoms with Crippen LogP contribution in [0.5, 0.6) is 11.5 Å². The molecule has 0 aromatic heterocycles. The molecular weight excluding hydrogens is 252 g/mol. The van der Waals surface area contributed by atoms with Gasteiger partial charge < -0.3 is 20.1 Å². The Balaban J connectivity index is 2.76. The van der Waals surface area contributed by atoms with Gasteiger partial charge in [0, 0.05) is 12.6 Å². The molecular formula is C16H28N2O2. The van der Waals surface area contributed by atoms with E-state index >= 15 is 0 Å². The monoisotopic (exact) mass is 280 g/mol. The van der Waals surface area contributed by atoms with E-state index in [0.29, 0.717) is 13.2 Å². The van der Waals surface area contributed by atoms with Crippen molar-refractivity contribution in [3.05, 3.63) is 23.8 Å². The van der Waals surface area contributed by atoms with Gasteiger partial charge in [0.25, 0.3) is 0 Å².